The number of anilines is 1. The van der Waals surface area contributed by atoms with Gasteiger partial charge in [0.1, 0.15) is 5.82 Å². The highest BCUT2D eigenvalue weighted by atomic mass is 127. The summed E-state index contributed by atoms with van der Waals surface area (Å²) in [6, 6.07) is 4.10. The van der Waals surface area contributed by atoms with Gasteiger partial charge in [0.25, 0.3) is 0 Å². The second-order valence-corrected chi connectivity index (χ2v) is 8.74. The van der Waals surface area contributed by atoms with Crippen LogP contribution in [0.25, 0.3) is 0 Å². The highest BCUT2D eigenvalue weighted by Gasteiger charge is 2.36. The number of pyridine rings is 1. The zero-order valence-electron chi connectivity index (χ0n) is 16.2. The maximum Gasteiger partial charge on any atom is 0.191 e. The van der Waals surface area contributed by atoms with Crippen LogP contribution in [0, 0.1) is 0 Å². The van der Waals surface area contributed by atoms with Crippen molar-refractivity contribution in [2.24, 2.45) is 4.99 Å². The smallest absolute Gasteiger partial charge is 0.191 e. The summed E-state index contributed by atoms with van der Waals surface area (Å²) in [5, 5.41) is 7.83. The SMILES string of the molecule is CN=C(NCC1(N(C)C)CCSC1)NC1CCN(c2ncccc2Cl)C1.I. The van der Waals surface area contributed by atoms with Crippen molar-refractivity contribution in [2.45, 2.75) is 24.4 Å². The minimum absolute atomic E-state index is 0. The number of aromatic nitrogens is 1. The number of hydrogen-bond donors (Lipinski definition) is 2. The first-order valence-electron chi connectivity index (χ1n) is 9.12. The molecule has 3 heterocycles. The monoisotopic (exact) mass is 524 g/mol. The number of nitrogens with zero attached hydrogens (tertiary/aromatic N) is 4. The van der Waals surface area contributed by atoms with Gasteiger partial charge in [-0.15, -0.1) is 24.0 Å². The lowest BCUT2D eigenvalue weighted by Gasteiger charge is -2.36. The normalized spacial score (nSPS) is 25.6. The predicted octanol–water partition coefficient (Wildman–Crippen LogP) is 2.53. The molecule has 3 rings (SSSR count). The molecule has 27 heavy (non-hydrogen) atoms. The predicted molar refractivity (Wildman–Crippen MR) is 128 cm³/mol. The average Bonchev–Trinajstić information content (AvgIpc) is 3.29. The molecule has 2 N–H and O–H groups in total. The van der Waals surface area contributed by atoms with Crippen molar-refractivity contribution < 1.29 is 0 Å². The van der Waals surface area contributed by atoms with E-state index >= 15 is 0 Å². The van der Waals surface area contributed by atoms with Crippen molar-refractivity contribution in [1.29, 1.82) is 0 Å². The minimum Gasteiger partial charge on any atom is -0.355 e. The highest BCUT2D eigenvalue weighted by Crippen LogP contribution is 2.31. The van der Waals surface area contributed by atoms with Gasteiger partial charge in [-0.3, -0.25) is 4.99 Å². The van der Waals surface area contributed by atoms with Gasteiger partial charge in [0.15, 0.2) is 5.96 Å². The molecule has 1 aromatic heterocycles. The molecular weight excluding hydrogens is 495 g/mol. The van der Waals surface area contributed by atoms with E-state index in [0.717, 1.165) is 37.8 Å². The summed E-state index contributed by atoms with van der Waals surface area (Å²) < 4.78 is 0. The second-order valence-electron chi connectivity index (χ2n) is 7.23. The first-order valence-corrected chi connectivity index (χ1v) is 10.7. The maximum atomic E-state index is 6.29. The van der Waals surface area contributed by atoms with Crippen LogP contribution in [0.1, 0.15) is 12.8 Å². The average molecular weight is 525 g/mol. The minimum atomic E-state index is 0. The summed E-state index contributed by atoms with van der Waals surface area (Å²) in [6.45, 7) is 2.74. The Hall–Kier alpha value is -0.450. The fourth-order valence-electron chi connectivity index (χ4n) is 3.56. The molecule has 152 valence electrons. The zero-order chi connectivity index (χ0) is 18.6. The Kier molecular flexibility index (Phi) is 8.76. The third kappa shape index (κ3) is 5.55. The Balaban J connectivity index is 0.00000261. The largest absolute Gasteiger partial charge is 0.355 e. The fraction of sp³-hybridized carbons (Fsp3) is 0.667. The molecule has 2 aliphatic heterocycles. The van der Waals surface area contributed by atoms with Crippen LogP contribution in [0.4, 0.5) is 5.82 Å². The summed E-state index contributed by atoms with van der Waals surface area (Å²) >= 11 is 8.32. The quantitative estimate of drug-likeness (QED) is 0.351. The number of halogens is 2. The van der Waals surface area contributed by atoms with Crippen molar-refractivity contribution in [3.05, 3.63) is 23.4 Å². The van der Waals surface area contributed by atoms with E-state index in [2.05, 4.69) is 44.5 Å². The molecule has 0 aliphatic carbocycles. The number of guanidine groups is 1. The number of thioether (sulfide) groups is 1. The van der Waals surface area contributed by atoms with E-state index in [1.54, 1.807) is 6.20 Å². The standard InChI is InChI=1S/C18H29ClN6S.HI/c1-20-17(22-12-18(24(2)3)7-10-26-13-18)23-14-6-9-25(11-14)16-15(19)5-4-8-21-16;/h4-5,8,14H,6-7,9-13H2,1-3H3,(H2,20,22,23);1H. The van der Waals surface area contributed by atoms with E-state index in [1.165, 1.54) is 17.9 Å². The topological polar surface area (TPSA) is 55.8 Å². The van der Waals surface area contributed by atoms with Gasteiger partial charge in [0.05, 0.1) is 5.02 Å². The number of aliphatic imine (C=N–C) groups is 1. The lowest BCUT2D eigenvalue weighted by Crippen LogP contribution is -2.55. The van der Waals surface area contributed by atoms with E-state index in [4.69, 9.17) is 11.6 Å². The van der Waals surface area contributed by atoms with Gasteiger partial charge < -0.3 is 20.4 Å². The maximum absolute atomic E-state index is 6.29. The summed E-state index contributed by atoms with van der Waals surface area (Å²) in [6.07, 6.45) is 4.05. The fourth-order valence-corrected chi connectivity index (χ4v) is 5.36. The van der Waals surface area contributed by atoms with Crippen LogP contribution in [-0.2, 0) is 0 Å². The van der Waals surface area contributed by atoms with Crippen LogP contribution in [0.5, 0.6) is 0 Å². The number of hydrogen-bond acceptors (Lipinski definition) is 5. The van der Waals surface area contributed by atoms with Gasteiger partial charge in [0.2, 0.25) is 0 Å². The van der Waals surface area contributed by atoms with Gasteiger partial charge in [-0.2, -0.15) is 11.8 Å². The highest BCUT2D eigenvalue weighted by molar-refractivity contribution is 14.0. The second kappa shape index (κ2) is 10.4. The van der Waals surface area contributed by atoms with Crippen molar-refractivity contribution in [1.82, 2.24) is 20.5 Å². The summed E-state index contributed by atoms with van der Waals surface area (Å²) in [5.74, 6) is 4.14. The molecule has 2 saturated heterocycles. The first-order chi connectivity index (χ1) is 12.5. The van der Waals surface area contributed by atoms with Gasteiger partial charge in [0, 0.05) is 50.2 Å². The molecule has 2 unspecified atom stereocenters. The Morgan fingerprint density at radius 1 is 1.52 bits per heavy atom. The van der Waals surface area contributed by atoms with Crippen LogP contribution >= 0.6 is 47.3 Å². The van der Waals surface area contributed by atoms with Gasteiger partial charge in [-0.05, 0) is 44.8 Å². The summed E-state index contributed by atoms with van der Waals surface area (Å²) in [5.41, 5.74) is 0.214. The molecule has 0 spiro atoms. The molecule has 2 atom stereocenters. The van der Waals surface area contributed by atoms with Crippen LogP contribution in [0.3, 0.4) is 0 Å². The molecule has 0 aromatic carbocycles. The lowest BCUT2D eigenvalue weighted by molar-refractivity contribution is 0.183. The third-order valence-corrected chi connectivity index (χ3v) is 6.94. The van der Waals surface area contributed by atoms with Crippen molar-refractivity contribution in [3.63, 3.8) is 0 Å². The van der Waals surface area contributed by atoms with Crippen LogP contribution in [-0.4, -0.2) is 79.7 Å². The molecule has 0 radical (unpaired) electrons. The number of nitrogens with one attached hydrogen (secondary N) is 2. The van der Waals surface area contributed by atoms with Crippen molar-refractivity contribution in [3.8, 4) is 0 Å². The van der Waals surface area contributed by atoms with Gasteiger partial charge >= 0.3 is 0 Å². The zero-order valence-corrected chi connectivity index (χ0v) is 20.1. The Labute approximate surface area is 188 Å². The van der Waals surface area contributed by atoms with E-state index in [1.807, 2.05) is 30.9 Å². The molecule has 2 fully saturated rings. The van der Waals surface area contributed by atoms with Crippen LogP contribution < -0.4 is 15.5 Å². The van der Waals surface area contributed by atoms with Crippen molar-refractivity contribution in [2.75, 3.05) is 57.2 Å². The van der Waals surface area contributed by atoms with Crippen LogP contribution in [0.2, 0.25) is 5.02 Å². The molecule has 0 bridgehead atoms. The van der Waals surface area contributed by atoms with Gasteiger partial charge in [-0.1, -0.05) is 11.6 Å². The molecule has 6 nitrogen and oxygen atoms in total. The number of rotatable bonds is 5. The lowest BCUT2D eigenvalue weighted by atomic mass is 9.97. The molecule has 1 aromatic rings. The molecule has 0 amide bonds. The molecular formula is C18H30ClIN6S. The van der Waals surface area contributed by atoms with Crippen molar-refractivity contribution >= 4 is 59.1 Å². The number of likely N-dealkylation sites (N-methyl/N-ethyl adjacent to an activating group) is 1. The molecule has 2 aliphatic rings. The molecule has 9 heteroatoms. The first kappa shape index (κ1) is 22.8. The van der Waals surface area contributed by atoms with E-state index in [-0.39, 0.29) is 29.5 Å². The van der Waals surface area contributed by atoms with Gasteiger partial charge in [-0.25, -0.2) is 4.98 Å². The summed E-state index contributed by atoms with van der Waals surface area (Å²) in [4.78, 5) is 13.4. The van der Waals surface area contributed by atoms with E-state index in [0.29, 0.717) is 11.1 Å². The Bertz CT molecular complexity index is 638. The van der Waals surface area contributed by atoms with E-state index < -0.39 is 0 Å². The molecule has 0 saturated carbocycles. The van der Waals surface area contributed by atoms with E-state index in [9.17, 15) is 0 Å². The Morgan fingerprint density at radius 3 is 2.96 bits per heavy atom. The van der Waals surface area contributed by atoms with Crippen LogP contribution in [0.15, 0.2) is 23.3 Å². The summed E-state index contributed by atoms with van der Waals surface area (Å²) in [7, 11) is 6.19. The Morgan fingerprint density at radius 2 is 2.33 bits per heavy atom. The third-order valence-electron chi connectivity index (χ3n) is 5.41.